The van der Waals surface area contributed by atoms with Crippen molar-refractivity contribution in [2.75, 3.05) is 27.9 Å². The Balaban J connectivity index is 1.65. The summed E-state index contributed by atoms with van der Waals surface area (Å²) in [6.07, 6.45) is 0.571. The molecule has 4 aromatic rings. The van der Waals surface area contributed by atoms with Crippen LogP contribution in [0.2, 0.25) is 0 Å². The number of methoxy groups -OCH3 is 3. The minimum Gasteiger partial charge on any atom is -0.497 e. The molecule has 0 aliphatic rings. The van der Waals surface area contributed by atoms with Crippen LogP contribution in [0.1, 0.15) is 21.5 Å². The lowest BCUT2D eigenvalue weighted by Gasteiger charge is -2.23. The van der Waals surface area contributed by atoms with E-state index in [1.807, 2.05) is 42.5 Å². The van der Waals surface area contributed by atoms with Crippen LogP contribution < -0.4 is 19.8 Å². The molecule has 0 fully saturated rings. The highest BCUT2D eigenvalue weighted by Crippen LogP contribution is 2.28. The zero-order chi connectivity index (χ0) is 25.7. The molecule has 1 amide bonds. The van der Waals surface area contributed by atoms with Crippen molar-refractivity contribution in [2.45, 2.75) is 13.0 Å². The Hall–Kier alpha value is -3.78. The maximum absolute atomic E-state index is 13.5. The molecule has 186 valence electrons. The number of benzene rings is 3. The van der Waals surface area contributed by atoms with Crippen molar-refractivity contribution in [1.29, 1.82) is 0 Å². The van der Waals surface area contributed by atoms with Gasteiger partial charge >= 0.3 is 0 Å². The van der Waals surface area contributed by atoms with E-state index in [0.29, 0.717) is 46.9 Å². The van der Waals surface area contributed by atoms with Gasteiger partial charge < -0.3 is 24.1 Å². The van der Waals surface area contributed by atoms with Crippen molar-refractivity contribution in [3.8, 4) is 17.2 Å². The minimum absolute atomic E-state index is 0.157. The smallest absolute Gasteiger partial charge is 0.254 e. The molecule has 0 atom stereocenters. The quantitative estimate of drug-likeness (QED) is 0.309. The van der Waals surface area contributed by atoms with Crippen LogP contribution in [0.25, 0.3) is 10.9 Å². The molecule has 1 aromatic heterocycles. The van der Waals surface area contributed by atoms with E-state index >= 15 is 0 Å². The third-order valence-corrected chi connectivity index (χ3v) is 6.51. The van der Waals surface area contributed by atoms with Gasteiger partial charge in [-0.2, -0.15) is 0 Å². The molecule has 36 heavy (non-hydrogen) atoms. The van der Waals surface area contributed by atoms with E-state index < -0.39 is 0 Å². The number of aromatic amines is 1. The summed E-state index contributed by atoms with van der Waals surface area (Å²) in [7, 11) is 4.78. The summed E-state index contributed by atoms with van der Waals surface area (Å²) >= 11 is 3.41. The van der Waals surface area contributed by atoms with E-state index in [1.54, 1.807) is 50.5 Å². The molecule has 0 spiro atoms. The average Bonchev–Trinajstić information content (AvgIpc) is 2.90. The molecule has 1 heterocycles. The summed E-state index contributed by atoms with van der Waals surface area (Å²) in [5.41, 5.74) is 2.50. The van der Waals surface area contributed by atoms with Gasteiger partial charge in [0.1, 0.15) is 5.75 Å². The Morgan fingerprint density at radius 2 is 1.64 bits per heavy atom. The predicted octanol–water partition coefficient (Wildman–Crippen LogP) is 5.20. The molecule has 0 bridgehead atoms. The van der Waals surface area contributed by atoms with Crippen molar-refractivity contribution < 1.29 is 19.0 Å². The molecule has 0 aliphatic carbocycles. The van der Waals surface area contributed by atoms with Gasteiger partial charge in [0, 0.05) is 33.0 Å². The maximum atomic E-state index is 13.5. The van der Waals surface area contributed by atoms with E-state index in [-0.39, 0.29) is 18.0 Å². The molecular formula is C28H27BrN2O5. The van der Waals surface area contributed by atoms with Crippen LogP contribution in [0.5, 0.6) is 17.2 Å². The Kier molecular flexibility index (Phi) is 7.95. The van der Waals surface area contributed by atoms with E-state index in [0.717, 1.165) is 15.4 Å². The van der Waals surface area contributed by atoms with Crippen LogP contribution in [0, 0.1) is 0 Å². The second kappa shape index (κ2) is 11.3. The van der Waals surface area contributed by atoms with E-state index in [4.69, 9.17) is 14.2 Å². The summed E-state index contributed by atoms with van der Waals surface area (Å²) in [6.45, 7) is 0.560. The molecule has 0 saturated heterocycles. The first-order valence-electron chi connectivity index (χ1n) is 11.4. The van der Waals surface area contributed by atoms with Gasteiger partial charge in [0.2, 0.25) is 0 Å². The van der Waals surface area contributed by atoms with Gasteiger partial charge in [-0.1, -0.05) is 22.0 Å². The molecule has 0 aliphatic heterocycles. The number of carbonyl (C=O) groups is 1. The molecular weight excluding hydrogens is 524 g/mol. The van der Waals surface area contributed by atoms with Gasteiger partial charge in [0.15, 0.2) is 11.5 Å². The molecule has 8 heteroatoms. The second-order valence-electron chi connectivity index (χ2n) is 8.25. The molecule has 0 saturated carbocycles. The summed E-state index contributed by atoms with van der Waals surface area (Å²) in [4.78, 5) is 31.0. The summed E-state index contributed by atoms with van der Waals surface area (Å²) in [5, 5.41) is 0.833. The number of hydrogen-bond acceptors (Lipinski definition) is 5. The second-order valence-corrected chi connectivity index (χ2v) is 9.17. The molecule has 7 nitrogen and oxygen atoms in total. The zero-order valence-electron chi connectivity index (χ0n) is 20.3. The van der Waals surface area contributed by atoms with Crippen molar-refractivity contribution in [3.63, 3.8) is 0 Å². The third-order valence-electron chi connectivity index (χ3n) is 5.99. The van der Waals surface area contributed by atoms with Gasteiger partial charge in [-0.3, -0.25) is 9.59 Å². The van der Waals surface area contributed by atoms with Crippen LogP contribution >= 0.6 is 15.9 Å². The predicted molar refractivity (Wildman–Crippen MR) is 143 cm³/mol. The Labute approximate surface area is 217 Å². The number of nitrogens with one attached hydrogen (secondary N) is 1. The van der Waals surface area contributed by atoms with Crippen LogP contribution in [-0.2, 0) is 13.0 Å². The highest BCUT2D eigenvalue weighted by atomic mass is 79.9. The monoisotopic (exact) mass is 550 g/mol. The number of amides is 1. The van der Waals surface area contributed by atoms with E-state index in [1.165, 1.54) is 0 Å². The first kappa shape index (κ1) is 25.3. The van der Waals surface area contributed by atoms with Gasteiger partial charge in [-0.25, -0.2) is 0 Å². The van der Waals surface area contributed by atoms with Crippen molar-refractivity contribution in [1.82, 2.24) is 9.88 Å². The third kappa shape index (κ3) is 5.71. The molecule has 4 rings (SSSR count). The highest BCUT2D eigenvalue weighted by Gasteiger charge is 2.19. The van der Waals surface area contributed by atoms with Crippen LogP contribution in [0.4, 0.5) is 0 Å². The highest BCUT2D eigenvalue weighted by molar-refractivity contribution is 9.10. The fourth-order valence-corrected chi connectivity index (χ4v) is 4.27. The fraction of sp³-hybridized carbons (Fsp3) is 0.214. The lowest BCUT2D eigenvalue weighted by atomic mass is 10.1. The summed E-state index contributed by atoms with van der Waals surface area (Å²) < 4.78 is 17.0. The van der Waals surface area contributed by atoms with Gasteiger partial charge in [-0.15, -0.1) is 0 Å². The maximum Gasteiger partial charge on any atom is 0.254 e. The minimum atomic E-state index is -0.229. The van der Waals surface area contributed by atoms with Crippen molar-refractivity contribution in [2.24, 2.45) is 0 Å². The summed E-state index contributed by atoms with van der Waals surface area (Å²) in [5.74, 6) is 1.80. The Bertz CT molecular complexity index is 1430. The average molecular weight is 551 g/mol. The zero-order valence-corrected chi connectivity index (χ0v) is 21.9. The van der Waals surface area contributed by atoms with E-state index in [9.17, 15) is 9.59 Å². The van der Waals surface area contributed by atoms with Crippen LogP contribution in [-0.4, -0.2) is 43.7 Å². The Morgan fingerprint density at radius 3 is 2.33 bits per heavy atom. The number of hydrogen-bond donors (Lipinski definition) is 1. The molecule has 0 unspecified atom stereocenters. The largest absolute Gasteiger partial charge is 0.497 e. The number of halogens is 1. The van der Waals surface area contributed by atoms with Gasteiger partial charge in [-0.05, 0) is 72.6 Å². The number of pyridine rings is 1. The van der Waals surface area contributed by atoms with Crippen molar-refractivity contribution in [3.05, 3.63) is 98.2 Å². The molecule has 3 aromatic carbocycles. The van der Waals surface area contributed by atoms with Crippen LogP contribution in [0.15, 0.2) is 76.0 Å². The fourth-order valence-electron chi connectivity index (χ4n) is 4.01. The standard InChI is InChI=1S/C28H27BrN2O5/c1-34-23-9-10-24-20(16-23)15-21(27(32)30-24)17-31(28(33)19-5-7-22(29)8-6-19)13-12-18-4-11-25(35-2)26(14-18)36-3/h4-11,14-16H,12-13,17H2,1-3H3,(H,30,32). The van der Waals surface area contributed by atoms with Gasteiger partial charge in [0.05, 0.1) is 27.9 Å². The number of rotatable bonds is 9. The molecule has 1 N–H and O–H groups in total. The number of aromatic nitrogens is 1. The Morgan fingerprint density at radius 1 is 0.889 bits per heavy atom. The van der Waals surface area contributed by atoms with Gasteiger partial charge in [0.25, 0.3) is 11.5 Å². The number of H-pyrrole nitrogens is 1. The number of carbonyl (C=O) groups excluding carboxylic acids is 1. The first-order valence-corrected chi connectivity index (χ1v) is 12.2. The van der Waals surface area contributed by atoms with Crippen molar-refractivity contribution >= 4 is 32.7 Å². The van der Waals surface area contributed by atoms with Crippen LogP contribution in [0.3, 0.4) is 0 Å². The topological polar surface area (TPSA) is 80.9 Å². The number of fused-ring (bicyclic) bond motifs is 1. The molecule has 0 radical (unpaired) electrons. The normalized spacial score (nSPS) is 10.8. The summed E-state index contributed by atoms with van der Waals surface area (Å²) in [6, 6.07) is 20.2. The van der Waals surface area contributed by atoms with E-state index in [2.05, 4.69) is 20.9 Å². The lowest BCUT2D eigenvalue weighted by molar-refractivity contribution is 0.0744. The SMILES string of the molecule is COc1ccc2[nH]c(=O)c(CN(CCc3ccc(OC)c(OC)c3)C(=O)c3ccc(Br)cc3)cc2c1. The lowest BCUT2D eigenvalue weighted by Crippen LogP contribution is -2.34. The number of nitrogens with zero attached hydrogens (tertiary/aromatic N) is 1. The first-order chi connectivity index (χ1) is 17.4. The number of ether oxygens (including phenoxy) is 3.